The zero-order valence-electron chi connectivity index (χ0n) is 19.9. The summed E-state index contributed by atoms with van der Waals surface area (Å²) in [6, 6.07) is 1.85. The fourth-order valence-electron chi connectivity index (χ4n) is 5.18. The molecular formula is C23H27BrF2N6O5. The van der Waals surface area contributed by atoms with Gasteiger partial charge in [0.25, 0.3) is 0 Å². The Kier molecular flexibility index (Phi) is 7.40. The molecule has 0 radical (unpaired) electrons. The van der Waals surface area contributed by atoms with Gasteiger partial charge in [0.15, 0.2) is 11.6 Å². The van der Waals surface area contributed by atoms with Crippen LogP contribution in [-0.4, -0.2) is 83.4 Å². The van der Waals surface area contributed by atoms with Crippen LogP contribution in [0.25, 0.3) is 11.3 Å². The van der Waals surface area contributed by atoms with Gasteiger partial charge in [0, 0.05) is 12.7 Å². The fraction of sp³-hybridized carbons (Fsp3) is 0.565. The first-order chi connectivity index (χ1) is 17.8. The summed E-state index contributed by atoms with van der Waals surface area (Å²) in [6.07, 6.45) is 2.36. The number of aliphatic hydroxyl groups excluding tert-OH is 2. The summed E-state index contributed by atoms with van der Waals surface area (Å²) in [4.78, 5) is 0. The molecule has 1 saturated heterocycles. The van der Waals surface area contributed by atoms with Crippen molar-refractivity contribution in [3.63, 3.8) is 0 Å². The molecule has 0 bridgehead atoms. The first-order valence-electron chi connectivity index (χ1n) is 11.9. The van der Waals surface area contributed by atoms with Gasteiger partial charge < -0.3 is 24.8 Å². The highest BCUT2D eigenvalue weighted by atomic mass is 79.9. The van der Waals surface area contributed by atoms with Gasteiger partial charge in [0.05, 0.1) is 30.0 Å². The summed E-state index contributed by atoms with van der Waals surface area (Å²) in [5.74, 6) is -2.14. The lowest BCUT2D eigenvalue weighted by Crippen LogP contribution is -2.57. The Balaban J connectivity index is 1.43. The summed E-state index contributed by atoms with van der Waals surface area (Å²) in [5.41, 5.74) is -0.565. The highest BCUT2D eigenvalue weighted by Crippen LogP contribution is 2.38. The Morgan fingerprint density at radius 3 is 2.59 bits per heavy atom. The van der Waals surface area contributed by atoms with E-state index in [1.54, 1.807) is 6.20 Å². The molecule has 5 atom stereocenters. The van der Waals surface area contributed by atoms with E-state index < -0.39 is 54.3 Å². The molecule has 0 amide bonds. The first-order valence-corrected chi connectivity index (χ1v) is 12.7. The van der Waals surface area contributed by atoms with E-state index in [2.05, 4.69) is 36.6 Å². The predicted molar refractivity (Wildman–Crippen MR) is 127 cm³/mol. The minimum Gasteiger partial charge on any atom is -0.394 e. The second kappa shape index (κ2) is 10.4. The molecule has 200 valence electrons. The zero-order valence-corrected chi connectivity index (χ0v) is 21.5. The lowest BCUT2D eigenvalue weighted by atomic mass is 9.92. The van der Waals surface area contributed by atoms with Gasteiger partial charge in [-0.15, -0.1) is 10.2 Å². The van der Waals surface area contributed by atoms with Gasteiger partial charge in [0.1, 0.15) is 47.4 Å². The Bertz CT molecular complexity index is 1250. The number of benzene rings is 1. The molecule has 37 heavy (non-hydrogen) atoms. The van der Waals surface area contributed by atoms with Crippen LogP contribution in [0.15, 0.2) is 29.0 Å². The normalized spacial score (nSPS) is 27.6. The van der Waals surface area contributed by atoms with Crippen LogP contribution in [0.3, 0.4) is 0 Å². The van der Waals surface area contributed by atoms with E-state index in [9.17, 15) is 24.1 Å². The summed E-state index contributed by atoms with van der Waals surface area (Å²) in [6.45, 7) is -0.337. The monoisotopic (exact) mass is 584 g/mol. The van der Waals surface area contributed by atoms with E-state index in [4.69, 9.17) is 9.47 Å². The number of methoxy groups -OCH3 is 1. The van der Waals surface area contributed by atoms with Crippen LogP contribution in [0.4, 0.5) is 8.78 Å². The van der Waals surface area contributed by atoms with Crippen molar-refractivity contribution >= 4 is 15.9 Å². The molecule has 0 spiro atoms. The third-order valence-corrected chi connectivity index (χ3v) is 7.79. The molecular weight excluding hydrogens is 558 g/mol. The van der Waals surface area contributed by atoms with Gasteiger partial charge >= 0.3 is 0 Å². The molecule has 14 heteroatoms. The molecule has 1 aliphatic heterocycles. The maximum Gasteiger partial charge on any atom is 0.173 e. The molecule has 2 fully saturated rings. The van der Waals surface area contributed by atoms with Gasteiger partial charge in [-0.2, -0.15) is 0 Å². The van der Waals surface area contributed by atoms with Gasteiger partial charge in [-0.1, -0.05) is 23.3 Å². The van der Waals surface area contributed by atoms with Crippen LogP contribution >= 0.6 is 15.9 Å². The topological polar surface area (TPSA) is 141 Å². The van der Waals surface area contributed by atoms with E-state index in [0.29, 0.717) is 18.5 Å². The molecule has 1 aliphatic carbocycles. The van der Waals surface area contributed by atoms with E-state index in [1.807, 2.05) is 0 Å². The summed E-state index contributed by atoms with van der Waals surface area (Å²) in [7, 11) is 1.44. The molecule has 3 aromatic rings. The van der Waals surface area contributed by atoms with Crippen molar-refractivity contribution in [1.29, 1.82) is 0 Å². The van der Waals surface area contributed by atoms with E-state index >= 15 is 0 Å². The van der Waals surface area contributed by atoms with Crippen LogP contribution in [0.5, 0.6) is 0 Å². The lowest BCUT2D eigenvalue weighted by molar-refractivity contribution is -0.216. The third-order valence-electron chi connectivity index (χ3n) is 7.18. The quantitative estimate of drug-likeness (QED) is 0.354. The molecule has 3 N–H and O–H groups in total. The van der Waals surface area contributed by atoms with Crippen molar-refractivity contribution in [2.75, 3.05) is 13.7 Å². The van der Waals surface area contributed by atoms with Gasteiger partial charge in [-0.05, 0) is 40.9 Å². The first kappa shape index (κ1) is 26.3. The largest absolute Gasteiger partial charge is 0.394 e. The predicted octanol–water partition coefficient (Wildman–Crippen LogP) is 1.72. The van der Waals surface area contributed by atoms with Crippen LogP contribution < -0.4 is 0 Å². The molecule has 1 aromatic carbocycles. The fourth-order valence-corrected chi connectivity index (χ4v) is 5.49. The SMILES string of the molecule is CO[C@@H]1[C@@H](n2cc(-c3ccc(Br)c(F)c3F)nn2)[C@@H](O)[C@@H](CO)O[C@@H]1Cn1cc(C2(O)CCCC2)nn1. The highest BCUT2D eigenvalue weighted by molar-refractivity contribution is 9.10. The molecule has 0 unspecified atom stereocenters. The van der Waals surface area contributed by atoms with Crippen molar-refractivity contribution in [2.45, 2.75) is 68.3 Å². The molecule has 5 rings (SSSR count). The number of halogens is 3. The number of rotatable bonds is 7. The van der Waals surface area contributed by atoms with Gasteiger partial charge in [-0.3, -0.25) is 0 Å². The summed E-state index contributed by atoms with van der Waals surface area (Å²) < 4.78 is 43.1. The van der Waals surface area contributed by atoms with Crippen LogP contribution in [0, 0.1) is 11.6 Å². The number of hydrogen-bond acceptors (Lipinski definition) is 9. The summed E-state index contributed by atoms with van der Waals surface area (Å²) >= 11 is 2.95. The van der Waals surface area contributed by atoms with Crippen molar-refractivity contribution < 1.29 is 33.6 Å². The van der Waals surface area contributed by atoms with Crippen LogP contribution in [0.2, 0.25) is 0 Å². The van der Waals surface area contributed by atoms with Crippen molar-refractivity contribution in [3.8, 4) is 11.3 Å². The zero-order chi connectivity index (χ0) is 26.3. The minimum atomic E-state index is -1.25. The Hall–Kier alpha value is -2.36. The van der Waals surface area contributed by atoms with Crippen molar-refractivity contribution in [1.82, 2.24) is 30.0 Å². The Morgan fingerprint density at radius 1 is 1.14 bits per heavy atom. The maximum absolute atomic E-state index is 14.5. The number of aliphatic hydroxyl groups is 3. The second-order valence-corrected chi connectivity index (χ2v) is 10.3. The van der Waals surface area contributed by atoms with Crippen LogP contribution in [-0.2, 0) is 21.6 Å². The molecule has 2 aliphatic rings. The van der Waals surface area contributed by atoms with Gasteiger partial charge in [-0.25, -0.2) is 18.1 Å². The number of hydrogen-bond donors (Lipinski definition) is 3. The number of nitrogens with zero attached hydrogens (tertiary/aromatic N) is 6. The van der Waals surface area contributed by atoms with E-state index in [-0.39, 0.29) is 22.3 Å². The maximum atomic E-state index is 14.5. The average molecular weight is 585 g/mol. The molecule has 2 aromatic heterocycles. The standard InChI is InChI=1S/C23H27BrF2N6O5/c1-36-22-15(9-31-10-17(28-29-31)23(35)6-2-3-7-23)37-16(11-33)21(34)20(22)32-8-14(27-30-32)12-4-5-13(24)19(26)18(12)25/h4-5,8,10,15-16,20-22,33-35H,2-3,6-7,9,11H2,1H3/t15-,16-,20+,21+,22+/m1/s1. The molecule has 11 nitrogen and oxygen atoms in total. The molecule has 1 saturated carbocycles. The smallest absolute Gasteiger partial charge is 0.173 e. The van der Waals surface area contributed by atoms with Gasteiger partial charge in [0.2, 0.25) is 0 Å². The van der Waals surface area contributed by atoms with E-state index in [0.717, 1.165) is 12.8 Å². The highest BCUT2D eigenvalue weighted by Gasteiger charge is 2.47. The van der Waals surface area contributed by atoms with Crippen LogP contribution in [0.1, 0.15) is 37.4 Å². The number of aromatic nitrogens is 6. The third kappa shape index (κ3) is 4.81. The molecule has 3 heterocycles. The minimum absolute atomic E-state index is 0.0228. The lowest BCUT2D eigenvalue weighted by Gasteiger charge is -2.43. The van der Waals surface area contributed by atoms with Crippen molar-refractivity contribution in [2.24, 2.45) is 0 Å². The van der Waals surface area contributed by atoms with Crippen molar-refractivity contribution in [3.05, 3.63) is 46.3 Å². The Morgan fingerprint density at radius 2 is 1.89 bits per heavy atom. The average Bonchev–Trinajstić information content (AvgIpc) is 3.65. The second-order valence-electron chi connectivity index (χ2n) is 9.45. The summed E-state index contributed by atoms with van der Waals surface area (Å²) in [5, 5.41) is 48.0. The van der Waals surface area contributed by atoms with E-state index in [1.165, 1.54) is 34.8 Å². The Labute approximate surface area is 219 Å². The number of ether oxygens (including phenoxy) is 2.